The molecule has 3 heterocycles. The molecule has 4 rings (SSSR count). The van der Waals surface area contributed by atoms with E-state index in [9.17, 15) is 0 Å². The molecule has 1 saturated carbocycles. The Bertz CT molecular complexity index is 569. The van der Waals surface area contributed by atoms with Crippen LogP contribution in [0.4, 0.5) is 0 Å². The molecule has 3 unspecified atom stereocenters. The van der Waals surface area contributed by atoms with Crippen LogP contribution >= 0.6 is 0 Å². The van der Waals surface area contributed by atoms with Gasteiger partial charge in [0.1, 0.15) is 0 Å². The van der Waals surface area contributed by atoms with Crippen molar-refractivity contribution in [3.63, 3.8) is 0 Å². The number of hydrogen-bond acceptors (Lipinski definition) is 5. The highest BCUT2D eigenvalue weighted by Gasteiger charge is 2.38. The lowest BCUT2D eigenvalue weighted by Crippen LogP contribution is -2.30. The molecule has 1 N–H and O–H groups in total. The average molecular weight is 270 g/mol. The molecule has 2 aliphatic rings. The average Bonchev–Trinajstić information content (AvgIpc) is 3.14. The lowest BCUT2D eigenvalue weighted by Gasteiger charge is -2.24. The van der Waals surface area contributed by atoms with Crippen molar-refractivity contribution in [1.29, 1.82) is 0 Å². The fourth-order valence-corrected chi connectivity index (χ4v) is 3.50. The normalized spacial score (nSPS) is 29.3. The first-order chi connectivity index (χ1) is 9.90. The summed E-state index contributed by atoms with van der Waals surface area (Å²) in [6, 6.07) is 4.69. The van der Waals surface area contributed by atoms with E-state index in [1.54, 1.807) is 12.4 Å². The molecule has 0 amide bonds. The Hall–Kier alpha value is -1.75. The van der Waals surface area contributed by atoms with Gasteiger partial charge in [-0.3, -0.25) is 4.98 Å². The molecular weight excluding hydrogens is 252 g/mol. The van der Waals surface area contributed by atoms with Gasteiger partial charge in [0.15, 0.2) is 0 Å². The molecule has 2 aromatic heterocycles. The number of rotatable bonds is 2. The predicted octanol–water partition coefficient (Wildman–Crippen LogP) is 2.72. The molecule has 2 aromatic rings. The summed E-state index contributed by atoms with van der Waals surface area (Å²) in [5, 5.41) is 7.74. The minimum atomic E-state index is 0.223. The molecule has 1 aliphatic heterocycles. The van der Waals surface area contributed by atoms with Crippen molar-refractivity contribution in [3.8, 4) is 11.4 Å². The molecule has 5 heteroatoms. The van der Waals surface area contributed by atoms with Gasteiger partial charge >= 0.3 is 0 Å². The number of pyridine rings is 1. The Morgan fingerprint density at radius 3 is 3.05 bits per heavy atom. The molecule has 3 atom stereocenters. The van der Waals surface area contributed by atoms with E-state index in [2.05, 4.69) is 20.4 Å². The van der Waals surface area contributed by atoms with Gasteiger partial charge in [-0.1, -0.05) is 18.0 Å². The Morgan fingerprint density at radius 2 is 2.20 bits per heavy atom. The summed E-state index contributed by atoms with van der Waals surface area (Å²) >= 11 is 0. The van der Waals surface area contributed by atoms with Crippen molar-refractivity contribution in [1.82, 2.24) is 20.4 Å². The molecule has 1 aliphatic carbocycles. The van der Waals surface area contributed by atoms with E-state index in [1.165, 1.54) is 25.7 Å². The summed E-state index contributed by atoms with van der Waals surface area (Å²) in [5.74, 6) is 2.13. The van der Waals surface area contributed by atoms with Crippen molar-refractivity contribution in [2.24, 2.45) is 5.92 Å². The summed E-state index contributed by atoms with van der Waals surface area (Å²) in [5.41, 5.74) is 0.901. The largest absolute Gasteiger partial charge is 0.337 e. The number of nitrogens with one attached hydrogen (secondary N) is 1. The number of aromatic nitrogens is 3. The molecule has 5 nitrogen and oxygen atoms in total. The molecule has 20 heavy (non-hydrogen) atoms. The van der Waals surface area contributed by atoms with Gasteiger partial charge in [0, 0.05) is 24.0 Å². The molecule has 2 fully saturated rings. The summed E-state index contributed by atoms with van der Waals surface area (Å²) < 4.78 is 5.46. The third-order valence-corrected chi connectivity index (χ3v) is 4.52. The van der Waals surface area contributed by atoms with Gasteiger partial charge in [-0.2, -0.15) is 4.98 Å². The van der Waals surface area contributed by atoms with E-state index in [0.717, 1.165) is 23.8 Å². The van der Waals surface area contributed by atoms with Gasteiger partial charge in [-0.25, -0.2) is 0 Å². The first kappa shape index (κ1) is 12.0. The molecule has 0 spiro atoms. The second-order valence-corrected chi connectivity index (χ2v) is 5.80. The van der Waals surface area contributed by atoms with Crippen molar-refractivity contribution in [2.45, 2.75) is 44.2 Å². The molecule has 0 radical (unpaired) electrons. The summed E-state index contributed by atoms with van der Waals surface area (Å²) in [6.45, 7) is 0. The Kier molecular flexibility index (Phi) is 2.99. The summed E-state index contributed by atoms with van der Waals surface area (Å²) in [6.07, 6.45) is 9.94. The van der Waals surface area contributed by atoms with Crippen molar-refractivity contribution >= 4 is 0 Å². The maximum atomic E-state index is 5.46. The van der Waals surface area contributed by atoms with Crippen molar-refractivity contribution < 1.29 is 4.52 Å². The lowest BCUT2D eigenvalue weighted by atomic mass is 9.85. The third-order valence-electron chi connectivity index (χ3n) is 4.52. The van der Waals surface area contributed by atoms with Crippen LogP contribution in [0.25, 0.3) is 11.4 Å². The Balaban J connectivity index is 1.54. The van der Waals surface area contributed by atoms with Gasteiger partial charge in [-0.05, 0) is 37.3 Å². The van der Waals surface area contributed by atoms with Crippen molar-refractivity contribution in [3.05, 3.63) is 30.4 Å². The van der Waals surface area contributed by atoms with E-state index in [-0.39, 0.29) is 6.04 Å². The first-order valence-electron chi connectivity index (χ1n) is 7.40. The molecule has 0 bridgehead atoms. The molecule has 1 saturated heterocycles. The van der Waals surface area contributed by atoms with E-state index >= 15 is 0 Å². The second kappa shape index (κ2) is 4.98. The summed E-state index contributed by atoms with van der Waals surface area (Å²) in [7, 11) is 0. The maximum Gasteiger partial charge on any atom is 0.244 e. The van der Waals surface area contributed by atoms with E-state index in [0.29, 0.717) is 11.9 Å². The van der Waals surface area contributed by atoms with Gasteiger partial charge in [-0.15, -0.1) is 0 Å². The standard InChI is InChI=1S/C15H18N4O/c1-2-6-12-10(4-1)8-13(17-12)15-18-14(19-20-15)11-5-3-7-16-9-11/h3,5,7,9-10,12-13,17H,1-2,4,6,8H2. The van der Waals surface area contributed by atoms with E-state index in [1.807, 2.05) is 12.1 Å². The topological polar surface area (TPSA) is 63.8 Å². The zero-order valence-corrected chi connectivity index (χ0v) is 11.3. The quantitative estimate of drug-likeness (QED) is 0.909. The third kappa shape index (κ3) is 2.12. The lowest BCUT2D eigenvalue weighted by molar-refractivity contribution is 0.324. The Morgan fingerprint density at radius 1 is 1.25 bits per heavy atom. The SMILES string of the molecule is c1cncc(-c2noc(C3CC4CCCCC4N3)n2)c1. The molecule has 104 valence electrons. The van der Waals surface area contributed by atoms with Crippen LogP contribution in [0.5, 0.6) is 0 Å². The fraction of sp³-hybridized carbons (Fsp3) is 0.533. The number of nitrogens with zero attached hydrogens (tertiary/aromatic N) is 3. The maximum absolute atomic E-state index is 5.46. The van der Waals surface area contributed by atoms with Crippen molar-refractivity contribution in [2.75, 3.05) is 0 Å². The van der Waals surface area contributed by atoms with Crippen LogP contribution in [0.3, 0.4) is 0 Å². The highest BCUT2D eigenvalue weighted by Crippen LogP contribution is 2.38. The number of fused-ring (bicyclic) bond motifs is 1. The minimum Gasteiger partial charge on any atom is -0.337 e. The van der Waals surface area contributed by atoms with Crippen LogP contribution in [0.15, 0.2) is 29.0 Å². The second-order valence-electron chi connectivity index (χ2n) is 5.80. The smallest absolute Gasteiger partial charge is 0.244 e. The van der Waals surface area contributed by atoms with E-state index < -0.39 is 0 Å². The van der Waals surface area contributed by atoms with Crippen LogP contribution in [-0.4, -0.2) is 21.2 Å². The highest BCUT2D eigenvalue weighted by molar-refractivity contribution is 5.51. The first-order valence-corrected chi connectivity index (χ1v) is 7.40. The van der Waals surface area contributed by atoms with Gasteiger partial charge in [0.2, 0.25) is 11.7 Å². The highest BCUT2D eigenvalue weighted by atomic mass is 16.5. The van der Waals surface area contributed by atoms with Gasteiger partial charge in [0.25, 0.3) is 0 Å². The summed E-state index contributed by atoms with van der Waals surface area (Å²) in [4.78, 5) is 8.63. The van der Waals surface area contributed by atoms with E-state index in [4.69, 9.17) is 4.52 Å². The fourth-order valence-electron chi connectivity index (χ4n) is 3.50. The van der Waals surface area contributed by atoms with Crippen LogP contribution in [0, 0.1) is 5.92 Å². The number of hydrogen-bond donors (Lipinski definition) is 1. The minimum absolute atomic E-state index is 0.223. The van der Waals surface area contributed by atoms with Crippen LogP contribution < -0.4 is 5.32 Å². The molecular formula is C15H18N4O. The van der Waals surface area contributed by atoms with Crippen LogP contribution in [0.1, 0.15) is 44.0 Å². The molecule has 0 aromatic carbocycles. The monoisotopic (exact) mass is 270 g/mol. The van der Waals surface area contributed by atoms with Crippen LogP contribution in [0.2, 0.25) is 0 Å². The Labute approximate surface area is 117 Å². The van der Waals surface area contributed by atoms with Gasteiger partial charge < -0.3 is 9.84 Å². The predicted molar refractivity (Wildman–Crippen MR) is 73.8 cm³/mol. The van der Waals surface area contributed by atoms with Gasteiger partial charge in [0.05, 0.1) is 6.04 Å². The zero-order valence-electron chi connectivity index (χ0n) is 11.3. The van der Waals surface area contributed by atoms with Crippen LogP contribution in [-0.2, 0) is 0 Å². The zero-order chi connectivity index (χ0) is 13.4.